The molecule has 94 valence electrons. The van der Waals surface area contributed by atoms with E-state index in [0.717, 1.165) is 13.0 Å². The van der Waals surface area contributed by atoms with Gasteiger partial charge in [0.15, 0.2) is 5.69 Å². The van der Waals surface area contributed by atoms with E-state index >= 15 is 0 Å². The largest absolute Gasteiger partial charge is 0.464 e. The number of esters is 1. The van der Waals surface area contributed by atoms with Crippen molar-refractivity contribution in [1.29, 1.82) is 0 Å². The summed E-state index contributed by atoms with van der Waals surface area (Å²) in [6.45, 7) is 5.26. The zero-order chi connectivity index (χ0) is 12.7. The van der Waals surface area contributed by atoms with Gasteiger partial charge in [-0.1, -0.05) is 13.8 Å². The Morgan fingerprint density at radius 2 is 2.18 bits per heavy atom. The fraction of sp³-hybridized carbons (Fsp3) is 0.583. The van der Waals surface area contributed by atoms with Crippen LogP contribution < -0.4 is 5.32 Å². The van der Waals surface area contributed by atoms with Crippen molar-refractivity contribution in [3.8, 4) is 0 Å². The van der Waals surface area contributed by atoms with Crippen LogP contribution in [0.4, 0.5) is 5.82 Å². The van der Waals surface area contributed by atoms with Crippen molar-refractivity contribution < 1.29 is 9.53 Å². The zero-order valence-electron chi connectivity index (χ0n) is 10.6. The molecule has 0 aliphatic carbocycles. The molecule has 1 aromatic rings. The molecule has 0 bridgehead atoms. The third kappa shape index (κ3) is 4.80. The maximum Gasteiger partial charge on any atom is 0.358 e. The minimum Gasteiger partial charge on any atom is -0.464 e. The molecule has 1 rings (SSSR count). The van der Waals surface area contributed by atoms with E-state index in [1.54, 1.807) is 6.20 Å². The Morgan fingerprint density at radius 1 is 1.41 bits per heavy atom. The van der Waals surface area contributed by atoms with Gasteiger partial charge in [0, 0.05) is 6.54 Å². The first-order valence-electron chi connectivity index (χ1n) is 5.77. The smallest absolute Gasteiger partial charge is 0.358 e. The Bertz CT molecular complexity index is 349. The lowest BCUT2D eigenvalue weighted by atomic mass is 10.1. The molecule has 0 aromatic carbocycles. The second-order valence-corrected chi connectivity index (χ2v) is 4.24. The highest BCUT2D eigenvalue weighted by Gasteiger charge is 2.06. The van der Waals surface area contributed by atoms with Crippen molar-refractivity contribution in [2.45, 2.75) is 26.7 Å². The predicted octanol–water partition coefficient (Wildman–Crippen LogP) is 2.11. The maximum absolute atomic E-state index is 11.1. The maximum atomic E-state index is 11.1. The second kappa shape index (κ2) is 6.83. The lowest BCUT2D eigenvalue weighted by Gasteiger charge is -2.07. The standard InChI is InChI=1S/C12H19N3O2/c1-9(2)5-4-6-13-11-8-14-10(7-15-11)12(16)17-3/h7-9H,4-6H2,1-3H3,(H,13,15). The zero-order valence-corrected chi connectivity index (χ0v) is 10.6. The fourth-order valence-electron chi connectivity index (χ4n) is 1.36. The van der Waals surface area contributed by atoms with Crippen LogP contribution in [0, 0.1) is 5.92 Å². The molecule has 5 heteroatoms. The molecular weight excluding hydrogens is 218 g/mol. The van der Waals surface area contributed by atoms with Crippen molar-refractivity contribution in [2.24, 2.45) is 5.92 Å². The summed E-state index contributed by atoms with van der Waals surface area (Å²) in [5.74, 6) is 0.926. The summed E-state index contributed by atoms with van der Waals surface area (Å²) in [5.41, 5.74) is 0.222. The molecule has 0 unspecified atom stereocenters. The molecule has 0 aliphatic rings. The first kappa shape index (κ1) is 13.4. The van der Waals surface area contributed by atoms with Crippen LogP contribution in [0.3, 0.4) is 0 Å². The van der Waals surface area contributed by atoms with E-state index in [9.17, 15) is 4.79 Å². The number of nitrogens with one attached hydrogen (secondary N) is 1. The van der Waals surface area contributed by atoms with Crippen LogP contribution in [0.2, 0.25) is 0 Å². The van der Waals surface area contributed by atoms with Crippen molar-refractivity contribution in [1.82, 2.24) is 9.97 Å². The molecule has 0 fully saturated rings. The molecule has 0 spiro atoms. The van der Waals surface area contributed by atoms with Crippen LogP contribution in [0.25, 0.3) is 0 Å². The van der Waals surface area contributed by atoms with E-state index in [1.807, 2.05) is 0 Å². The van der Waals surface area contributed by atoms with Gasteiger partial charge in [-0.3, -0.25) is 0 Å². The Labute approximate surface area is 102 Å². The van der Waals surface area contributed by atoms with Crippen LogP contribution in [0.15, 0.2) is 12.4 Å². The minimum atomic E-state index is -0.469. The van der Waals surface area contributed by atoms with E-state index in [0.29, 0.717) is 11.7 Å². The molecule has 1 N–H and O–H groups in total. The summed E-state index contributed by atoms with van der Waals surface area (Å²) < 4.78 is 4.54. The minimum absolute atomic E-state index is 0.222. The van der Waals surface area contributed by atoms with E-state index in [-0.39, 0.29) is 5.69 Å². The van der Waals surface area contributed by atoms with Crippen LogP contribution >= 0.6 is 0 Å². The van der Waals surface area contributed by atoms with Gasteiger partial charge in [0.05, 0.1) is 19.5 Å². The molecule has 1 heterocycles. The quantitative estimate of drug-likeness (QED) is 0.606. The van der Waals surface area contributed by atoms with Crippen LogP contribution in [0.1, 0.15) is 37.2 Å². The summed E-state index contributed by atoms with van der Waals surface area (Å²) >= 11 is 0. The number of anilines is 1. The van der Waals surface area contributed by atoms with Gasteiger partial charge in [0.1, 0.15) is 5.82 Å². The number of hydrogen-bond acceptors (Lipinski definition) is 5. The molecule has 0 amide bonds. The van der Waals surface area contributed by atoms with E-state index in [4.69, 9.17) is 0 Å². The van der Waals surface area contributed by atoms with Gasteiger partial charge < -0.3 is 10.1 Å². The second-order valence-electron chi connectivity index (χ2n) is 4.24. The van der Waals surface area contributed by atoms with Crippen molar-refractivity contribution in [3.05, 3.63) is 18.1 Å². The van der Waals surface area contributed by atoms with E-state index < -0.39 is 5.97 Å². The molecule has 0 aliphatic heterocycles. The number of ether oxygens (including phenoxy) is 1. The highest BCUT2D eigenvalue weighted by Crippen LogP contribution is 2.05. The van der Waals surface area contributed by atoms with Gasteiger partial charge in [-0.2, -0.15) is 0 Å². The number of rotatable bonds is 6. The molecule has 0 saturated heterocycles. The predicted molar refractivity (Wildman–Crippen MR) is 65.9 cm³/mol. The summed E-state index contributed by atoms with van der Waals surface area (Å²) in [7, 11) is 1.32. The summed E-state index contributed by atoms with van der Waals surface area (Å²) in [5, 5.41) is 3.16. The van der Waals surface area contributed by atoms with Gasteiger partial charge in [-0.05, 0) is 18.8 Å². The third-order valence-electron chi connectivity index (χ3n) is 2.31. The molecule has 5 nitrogen and oxygen atoms in total. The van der Waals surface area contributed by atoms with Crippen molar-refractivity contribution in [2.75, 3.05) is 19.0 Å². The Morgan fingerprint density at radius 3 is 2.71 bits per heavy atom. The Kier molecular flexibility index (Phi) is 5.39. The lowest BCUT2D eigenvalue weighted by Crippen LogP contribution is -2.08. The first-order chi connectivity index (χ1) is 8.13. The van der Waals surface area contributed by atoms with Gasteiger partial charge in [-0.15, -0.1) is 0 Å². The van der Waals surface area contributed by atoms with Crippen LogP contribution in [0.5, 0.6) is 0 Å². The molecule has 0 atom stereocenters. The van der Waals surface area contributed by atoms with Crippen LogP contribution in [-0.2, 0) is 4.74 Å². The molecule has 1 aromatic heterocycles. The van der Waals surface area contributed by atoms with Gasteiger partial charge in [0.25, 0.3) is 0 Å². The molecule has 17 heavy (non-hydrogen) atoms. The average Bonchev–Trinajstić information content (AvgIpc) is 2.34. The topological polar surface area (TPSA) is 64.1 Å². The normalized spacial score (nSPS) is 10.4. The molecule has 0 radical (unpaired) electrons. The van der Waals surface area contributed by atoms with E-state index in [1.165, 1.54) is 19.7 Å². The lowest BCUT2D eigenvalue weighted by molar-refractivity contribution is 0.0593. The molecule has 0 saturated carbocycles. The van der Waals surface area contributed by atoms with Gasteiger partial charge in [-0.25, -0.2) is 14.8 Å². The SMILES string of the molecule is COC(=O)c1cnc(NCCCC(C)C)cn1. The van der Waals surface area contributed by atoms with Crippen molar-refractivity contribution >= 4 is 11.8 Å². The monoisotopic (exact) mass is 237 g/mol. The molecular formula is C12H19N3O2. The highest BCUT2D eigenvalue weighted by molar-refractivity contribution is 5.86. The summed E-state index contributed by atoms with van der Waals surface area (Å²) in [4.78, 5) is 19.2. The van der Waals surface area contributed by atoms with Crippen LogP contribution in [-0.4, -0.2) is 29.6 Å². The number of carbonyl (C=O) groups is 1. The highest BCUT2D eigenvalue weighted by atomic mass is 16.5. The fourth-order valence-corrected chi connectivity index (χ4v) is 1.36. The van der Waals surface area contributed by atoms with Gasteiger partial charge in [0.2, 0.25) is 0 Å². The number of methoxy groups -OCH3 is 1. The Hall–Kier alpha value is -1.65. The van der Waals surface area contributed by atoms with E-state index in [2.05, 4.69) is 33.9 Å². The number of aromatic nitrogens is 2. The van der Waals surface area contributed by atoms with Crippen molar-refractivity contribution in [3.63, 3.8) is 0 Å². The van der Waals surface area contributed by atoms with Gasteiger partial charge >= 0.3 is 5.97 Å². The number of nitrogens with zero attached hydrogens (tertiary/aromatic N) is 2. The Balaban J connectivity index is 2.38. The number of carbonyl (C=O) groups excluding carboxylic acids is 1. The summed E-state index contributed by atoms with van der Waals surface area (Å²) in [6, 6.07) is 0. The third-order valence-corrected chi connectivity index (χ3v) is 2.31. The summed E-state index contributed by atoms with van der Waals surface area (Å²) in [6.07, 6.45) is 5.23. The number of hydrogen-bond donors (Lipinski definition) is 1. The average molecular weight is 237 g/mol. The first-order valence-corrected chi connectivity index (χ1v) is 5.77.